The maximum atomic E-state index is 13.6. The van der Waals surface area contributed by atoms with Crippen LogP contribution in [0.15, 0.2) is 24.4 Å². The number of aromatic nitrogens is 2. The first-order valence-corrected chi connectivity index (χ1v) is 13.9. The van der Waals surface area contributed by atoms with Crippen LogP contribution in [0.5, 0.6) is 5.75 Å². The first kappa shape index (κ1) is 32.9. The number of benzene rings is 1. The van der Waals surface area contributed by atoms with Gasteiger partial charge in [0.05, 0.1) is 12.8 Å². The fourth-order valence-corrected chi connectivity index (χ4v) is 4.82. The van der Waals surface area contributed by atoms with Crippen molar-refractivity contribution in [2.45, 2.75) is 63.2 Å². The van der Waals surface area contributed by atoms with E-state index in [0.717, 1.165) is 64.2 Å². The Bertz CT molecular complexity index is 1180. The molecule has 2 amide bonds. The SMILES string of the molecule is COCC(N)=O.COc1cc(C(=O)NC2CCN(C)CC2)ccc1Nc1ncc(C(F)(F)F)c(NC2CCCCC2)n1. The minimum atomic E-state index is -4.57. The molecule has 0 radical (unpaired) electrons. The zero-order valence-electron chi connectivity index (χ0n) is 24.2. The summed E-state index contributed by atoms with van der Waals surface area (Å²) in [6, 6.07) is 4.93. The molecule has 2 fully saturated rings. The average Bonchev–Trinajstić information content (AvgIpc) is 2.95. The number of likely N-dealkylation sites (tertiary alicyclic amines) is 1. The zero-order valence-corrected chi connectivity index (χ0v) is 24.2. The predicted molar refractivity (Wildman–Crippen MR) is 153 cm³/mol. The van der Waals surface area contributed by atoms with Crippen molar-refractivity contribution in [1.29, 1.82) is 0 Å². The van der Waals surface area contributed by atoms with E-state index in [1.807, 2.05) is 0 Å². The van der Waals surface area contributed by atoms with E-state index in [1.165, 1.54) is 14.2 Å². The number of hydrogen-bond acceptors (Lipinski definition) is 9. The second-order valence-corrected chi connectivity index (χ2v) is 10.4. The van der Waals surface area contributed by atoms with Gasteiger partial charge >= 0.3 is 6.18 Å². The monoisotopic (exact) mass is 595 g/mol. The minimum absolute atomic E-state index is 0.00290. The smallest absolute Gasteiger partial charge is 0.421 e. The Kier molecular flexibility index (Phi) is 12.2. The molecule has 0 bridgehead atoms. The van der Waals surface area contributed by atoms with E-state index in [1.54, 1.807) is 18.2 Å². The highest BCUT2D eigenvalue weighted by Crippen LogP contribution is 2.36. The highest BCUT2D eigenvalue weighted by atomic mass is 19.4. The van der Waals surface area contributed by atoms with Crippen molar-refractivity contribution < 1.29 is 32.2 Å². The number of anilines is 3. The Morgan fingerprint density at radius 2 is 1.76 bits per heavy atom. The van der Waals surface area contributed by atoms with Gasteiger partial charge in [-0.05, 0) is 64.0 Å². The van der Waals surface area contributed by atoms with Crippen molar-refractivity contribution in [3.05, 3.63) is 35.5 Å². The second kappa shape index (κ2) is 15.5. The Hall–Kier alpha value is -3.65. The number of ether oxygens (including phenoxy) is 2. The summed E-state index contributed by atoms with van der Waals surface area (Å²) in [6.07, 6.45) is 2.65. The van der Waals surface area contributed by atoms with Crippen LogP contribution >= 0.6 is 0 Å². The van der Waals surface area contributed by atoms with Gasteiger partial charge in [0.2, 0.25) is 11.9 Å². The maximum absolute atomic E-state index is 13.6. The van der Waals surface area contributed by atoms with Gasteiger partial charge in [-0.1, -0.05) is 19.3 Å². The van der Waals surface area contributed by atoms with Crippen molar-refractivity contribution in [3.63, 3.8) is 0 Å². The Morgan fingerprint density at radius 3 is 2.33 bits per heavy atom. The third kappa shape index (κ3) is 10.0. The van der Waals surface area contributed by atoms with Crippen LogP contribution < -0.4 is 26.4 Å². The van der Waals surface area contributed by atoms with Gasteiger partial charge in [0.15, 0.2) is 0 Å². The molecular formula is C28H40F3N7O4. The quantitative estimate of drug-likeness (QED) is 0.339. The van der Waals surface area contributed by atoms with E-state index in [9.17, 15) is 22.8 Å². The van der Waals surface area contributed by atoms with E-state index in [4.69, 9.17) is 4.74 Å². The lowest BCUT2D eigenvalue weighted by atomic mass is 9.95. The Morgan fingerprint density at radius 1 is 1.07 bits per heavy atom. The van der Waals surface area contributed by atoms with Gasteiger partial charge in [-0.25, -0.2) is 4.98 Å². The number of rotatable bonds is 9. The fourth-order valence-electron chi connectivity index (χ4n) is 4.82. The molecule has 2 heterocycles. The van der Waals surface area contributed by atoms with E-state index < -0.39 is 17.6 Å². The fraction of sp³-hybridized carbons (Fsp3) is 0.571. The van der Waals surface area contributed by atoms with Gasteiger partial charge in [-0.3, -0.25) is 9.59 Å². The predicted octanol–water partition coefficient (Wildman–Crippen LogP) is 3.93. The van der Waals surface area contributed by atoms with E-state index in [-0.39, 0.29) is 36.4 Å². The van der Waals surface area contributed by atoms with E-state index >= 15 is 0 Å². The molecule has 0 atom stereocenters. The van der Waals surface area contributed by atoms with Gasteiger partial charge in [0.1, 0.15) is 23.7 Å². The van der Waals surface area contributed by atoms with Gasteiger partial charge in [-0.15, -0.1) is 0 Å². The highest BCUT2D eigenvalue weighted by Gasteiger charge is 2.36. The molecule has 42 heavy (non-hydrogen) atoms. The van der Waals surface area contributed by atoms with Gasteiger partial charge in [0, 0.05) is 31.0 Å². The lowest BCUT2D eigenvalue weighted by Gasteiger charge is -2.29. The number of halogens is 3. The lowest BCUT2D eigenvalue weighted by molar-refractivity contribution is -0.137. The number of alkyl halides is 3. The topological polar surface area (TPSA) is 144 Å². The summed E-state index contributed by atoms with van der Waals surface area (Å²) in [5.74, 6) is -0.504. The number of nitrogens with zero attached hydrogens (tertiary/aromatic N) is 3. The second-order valence-electron chi connectivity index (χ2n) is 10.4. The number of nitrogens with one attached hydrogen (secondary N) is 3. The summed E-state index contributed by atoms with van der Waals surface area (Å²) in [5, 5.41) is 8.98. The third-order valence-corrected chi connectivity index (χ3v) is 7.09. The number of amides is 2. The van der Waals surface area contributed by atoms with E-state index in [2.05, 4.69) is 48.3 Å². The highest BCUT2D eigenvalue weighted by molar-refractivity contribution is 5.95. The van der Waals surface area contributed by atoms with Crippen LogP contribution in [0, 0.1) is 0 Å². The molecule has 1 aliphatic carbocycles. The van der Waals surface area contributed by atoms with Crippen LogP contribution in [0.25, 0.3) is 0 Å². The minimum Gasteiger partial charge on any atom is -0.495 e. The standard InChI is InChI=1S/C25H33F3N6O2.C3H7NO2/c1-34-12-10-18(11-13-34)31-23(35)16-8-9-20(21(14-16)36-2)32-24-29-15-19(25(26,27)28)22(33-24)30-17-6-4-3-5-7-17;1-6-2-3(4)5/h8-9,14-15,17-18H,3-7,10-13H2,1-2H3,(H,31,35)(H2,29,30,32,33);2H2,1H3,(H2,4,5). The van der Waals surface area contributed by atoms with Crippen LogP contribution in [0.4, 0.5) is 30.6 Å². The Balaban J connectivity index is 0.000000730. The van der Waals surface area contributed by atoms with Crippen LogP contribution in [0.1, 0.15) is 60.9 Å². The van der Waals surface area contributed by atoms with Gasteiger partial charge < -0.3 is 36.1 Å². The molecule has 1 saturated carbocycles. The zero-order chi connectivity index (χ0) is 30.7. The average molecular weight is 596 g/mol. The summed E-state index contributed by atoms with van der Waals surface area (Å²) < 4.78 is 50.5. The first-order valence-electron chi connectivity index (χ1n) is 13.9. The van der Waals surface area contributed by atoms with Crippen LogP contribution in [0.2, 0.25) is 0 Å². The molecular weight excluding hydrogens is 555 g/mol. The largest absolute Gasteiger partial charge is 0.495 e. The lowest BCUT2D eigenvalue weighted by Crippen LogP contribution is -2.43. The normalized spacial score (nSPS) is 16.6. The first-order chi connectivity index (χ1) is 20.0. The molecule has 1 aliphatic heterocycles. The summed E-state index contributed by atoms with van der Waals surface area (Å²) in [5.41, 5.74) is 4.62. The molecule has 2 aliphatic rings. The third-order valence-electron chi connectivity index (χ3n) is 7.09. The van der Waals surface area contributed by atoms with Crippen molar-refractivity contribution in [1.82, 2.24) is 20.2 Å². The van der Waals surface area contributed by atoms with Crippen molar-refractivity contribution in [3.8, 4) is 5.75 Å². The summed E-state index contributed by atoms with van der Waals surface area (Å²) in [4.78, 5) is 32.7. The molecule has 0 unspecified atom stereocenters. The molecule has 2 aromatic rings. The molecule has 1 aromatic carbocycles. The molecule has 1 saturated heterocycles. The molecule has 11 nitrogen and oxygen atoms in total. The van der Waals surface area contributed by atoms with Crippen molar-refractivity contribution in [2.24, 2.45) is 5.73 Å². The number of piperidine rings is 1. The van der Waals surface area contributed by atoms with Gasteiger partial charge in [0.25, 0.3) is 5.91 Å². The Labute approximate surface area is 243 Å². The summed E-state index contributed by atoms with van der Waals surface area (Å²) in [6.45, 7) is 1.88. The molecule has 14 heteroatoms. The van der Waals surface area contributed by atoms with E-state index in [0.29, 0.717) is 17.0 Å². The number of methoxy groups -OCH3 is 2. The molecule has 232 valence electrons. The van der Waals surface area contributed by atoms with Crippen molar-refractivity contribution >= 4 is 29.3 Å². The number of carbonyl (C=O) groups is 2. The van der Waals surface area contributed by atoms with Crippen LogP contribution in [-0.2, 0) is 15.7 Å². The van der Waals surface area contributed by atoms with Crippen LogP contribution in [-0.4, -0.2) is 79.7 Å². The number of nitrogens with two attached hydrogens (primary N) is 1. The number of carbonyl (C=O) groups excluding carboxylic acids is 2. The summed E-state index contributed by atoms with van der Waals surface area (Å²) in [7, 11) is 4.94. The van der Waals surface area contributed by atoms with Crippen molar-refractivity contribution in [2.75, 3.05) is 51.6 Å². The summed E-state index contributed by atoms with van der Waals surface area (Å²) >= 11 is 0. The van der Waals surface area contributed by atoms with Crippen LogP contribution in [0.3, 0.4) is 0 Å². The molecule has 0 spiro atoms. The molecule has 4 rings (SSSR count). The molecule has 1 aromatic heterocycles. The maximum Gasteiger partial charge on any atom is 0.421 e. The van der Waals surface area contributed by atoms with Gasteiger partial charge in [-0.2, -0.15) is 18.2 Å². The molecule has 5 N–H and O–H groups in total. The number of hydrogen-bond donors (Lipinski definition) is 4. The number of primary amides is 1.